The highest BCUT2D eigenvalue weighted by Gasteiger charge is 2.51. The number of hydrogen-bond acceptors (Lipinski definition) is 5. The molecule has 0 radical (unpaired) electrons. The standard InChI is InChI=1S/C45H32N4O/c1-3-13-29(14-4-1)42-47-43(30-15-5-2-6-16-30)49-44(48-42)32-23-25-39(46-28-32)31-24-26-41-38(27-31)45(37-21-11-12-22-40(37)50-41)35-19-9-7-17-33(35)34-18-8-10-20-36(34)45/h1-27,44,46H,28H2,(H,47,48,49). The molecular formula is C45H32N4O. The average Bonchev–Trinajstić information content (AvgIpc) is 3.49. The van der Waals surface area contributed by atoms with E-state index in [1.165, 1.54) is 27.8 Å². The predicted octanol–water partition coefficient (Wildman–Crippen LogP) is 8.85. The van der Waals surface area contributed by atoms with Crippen LogP contribution in [-0.2, 0) is 5.41 Å². The topological polar surface area (TPSA) is 58.0 Å². The van der Waals surface area contributed by atoms with Crippen LogP contribution < -0.4 is 15.4 Å². The molecule has 5 heteroatoms. The highest BCUT2D eigenvalue weighted by molar-refractivity contribution is 6.13. The van der Waals surface area contributed by atoms with Crippen LogP contribution in [0.5, 0.6) is 11.5 Å². The van der Waals surface area contributed by atoms with Crippen LogP contribution in [0.3, 0.4) is 0 Å². The predicted molar refractivity (Wildman–Crippen MR) is 201 cm³/mol. The molecule has 4 aliphatic rings. The molecule has 0 fully saturated rings. The highest BCUT2D eigenvalue weighted by atomic mass is 16.5. The molecule has 1 unspecified atom stereocenters. The molecule has 6 aromatic rings. The fourth-order valence-corrected chi connectivity index (χ4v) is 8.01. The number of amidine groups is 2. The summed E-state index contributed by atoms with van der Waals surface area (Å²) in [5.41, 5.74) is 12.3. The van der Waals surface area contributed by atoms with Gasteiger partial charge in [-0.3, -0.25) is 0 Å². The summed E-state index contributed by atoms with van der Waals surface area (Å²) in [6.07, 6.45) is 4.12. The fraction of sp³-hybridized carbons (Fsp3) is 0.0667. The maximum atomic E-state index is 6.64. The van der Waals surface area contributed by atoms with Gasteiger partial charge in [-0.05, 0) is 63.7 Å². The molecule has 3 heterocycles. The Balaban J connectivity index is 1.06. The summed E-state index contributed by atoms with van der Waals surface area (Å²) in [7, 11) is 0. The molecule has 0 saturated carbocycles. The normalized spacial score (nSPS) is 17.6. The van der Waals surface area contributed by atoms with Crippen molar-refractivity contribution >= 4 is 17.4 Å². The quantitative estimate of drug-likeness (QED) is 0.201. The van der Waals surface area contributed by atoms with Gasteiger partial charge in [0.15, 0.2) is 5.84 Å². The maximum absolute atomic E-state index is 6.64. The number of allylic oxidation sites excluding steroid dienone is 2. The Bertz CT molecular complexity index is 2400. The number of aliphatic imine (C=N–C) groups is 2. The van der Waals surface area contributed by atoms with Crippen LogP contribution in [0.25, 0.3) is 16.8 Å². The van der Waals surface area contributed by atoms with Gasteiger partial charge in [-0.25, -0.2) is 9.98 Å². The van der Waals surface area contributed by atoms with Crippen molar-refractivity contribution in [2.75, 3.05) is 6.54 Å². The second kappa shape index (κ2) is 11.3. The summed E-state index contributed by atoms with van der Waals surface area (Å²) < 4.78 is 6.64. The third kappa shape index (κ3) is 4.33. The molecule has 1 aliphatic carbocycles. The Labute approximate surface area is 291 Å². The Morgan fingerprint density at radius 3 is 1.88 bits per heavy atom. The van der Waals surface area contributed by atoms with Crippen molar-refractivity contribution in [1.82, 2.24) is 10.6 Å². The summed E-state index contributed by atoms with van der Waals surface area (Å²) >= 11 is 0. The molecule has 238 valence electrons. The SMILES string of the molecule is C1=C(c2ccc3c(c2)C2(c4ccccc4O3)c3ccccc3-c3ccccc32)NCC(C2N=C(c3ccccc3)N=C(c3ccccc3)N2)=C1. The van der Waals surface area contributed by atoms with E-state index in [0.717, 1.165) is 56.7 Å². The van der Waals surface area contributed by atoms with E-state index in [1.807, 2.05) is 36.4 Å². The van der Waals surface area contributed by atoms with Crippen LogP contribution in [0, 0.1) is 0 Å². The minimum absolute atomic E-state index is 0.258. The van der Waals surface area contributed by atoms with Crippen molar-refractivity contribution in [2.24, 2.45) is 9.98 Å². The number of para-hydroxylation sites is 1. The van der Waals surface area contributed by atoms with Crippen LogP contribution >= 0.6 is 0 Å². The molecule has 1 spiro atoms. The number of ether oxygens (including phenoxy) is 1. The number of benzene rings is 6. The lowest BCUT2D eigenvalue weighted by Gasteiger charge is -2.39. The number of nitrogens with one attached hydrogen (secondary N) is 2. The van der Waals surface area contributed by atoms with Gasteiger partial charge in [0.05, 0.1) is 5.41 Å². The van der Waals surface area contributed by atoms with E-state index in [-0.39, 0.29) is 6.17 Å². The number of nitrogens with zero attached hydrogens (tertiary/aromatic N) is 2. The highest BCUT2D eigenvalue weighted by Crippen LogP contribution is 2.62. The average molecular weight is 645 g/mol. The molecule has 0 amide bonds. The molecule has 0 bridgehead atoms. The van der Waals surface area contributed by atoms with Crippen molar-refractivity contribution in [2.45, 2.75) is 11.6 Å². The molecule has 1 atom stereocenters. The van der Waals surface area contributed by atoms with Crippen molar-refractivity contribution in [3.63, 3.8) is 0 Å². The Hall–Kier alpha value is -6.46. The van der Waals surface area contributed by atoms with Crippen LogP contribution in [0.1, 0.15) is 38.9 Å². The van der Waals surface area contributed by atoms with E-state index in [4.69, 9.17) is 14.7 Å². The largest absolute Gasteiger partial charge is 0.457 e. The van der Waals surface area contributed by atoms with Gasteiger partial charge in [0.2, 0.25) is 0 Å². The Morgan fingerprint density at radius 2 is 1.18 bits per heavy atom. The smallest absolute Gasteiger partial charge is 0.159 e. The van der Waals surface area contributed by atoms with Crippen LogP contribution in [0.15, 0.2) is 179 Å². The van der Waals surface area contributed by atoms with E-state index < -0.39 is 5.41 Å². The molecular weight excluding hydrogens is 613 g/mol. The van der Waals surface area contributed by atoms with Gasteiger partial charge in [-0.1, -0.05) is 133 Å². The minimum Gasteiger partial charge on any atom is -0.457 e. The maximum Gasteiger partial charge on any atom is 0.159 e. The molecule has 0 aromatic heterocycles. The van der Waals surface area contributed by atoms with Gasteiger partial charge in [-0.2, -0.15) is 0 Å². The molecule has 50 heavy (non-hydrogen) atoms. The second-order valence-corrected chi connectivity index (χ2v) is 13.0. The van der Waals surface area contributed by atoms with Gasteiger partial charge >= 0.3 is 0 Å². The van der Waals surface area contributed by atoms with Crippen molar-refractivity contribution in [3.05, 3.63) is 208 Å². The van der Waals surface area contributed by atoms with E-state index in [0.29, 0.717) is 6.54 Å². The summed E-state index contributed by atoms with van der Waals surface area (Å²) in [5.74, 6) is 3.32. The molecule has 6 aromatic carbocycles. The van der Waals surface area contributed by atoms with Gasteiger partial charge in [0.1, 0.15) is 23.5 Å². The molecule has 5 nitrogen and oxygen atoms in total. The first kappa shape index (κ1) is 28.5. The molecule has 3 aliphatic heterocycles. The van der Waals surface area contributed by atoms with Crippen molar-refractivity contribution in [1.29, 1.82) is 0 Å². The Morgan fingerprint density at radius 1 is 0.560 bits per heavy atom. The number of fused-ring (bicyclic) bond motifs is 9. The van der Waals surface area contributed by atoms with E-state index in [1.54, 1.807) is 0 Å². The monoisotopic (exact) mass is 644 g/mol. The summed E-state index contributed by atoms with van der Waals surface area (Å²) in [5, 5.41) is 7.34. The minimum atomic E-state index is -0.495. The van der Waals surface area contributed by atoms with Crippen molar-refractivity contribution < 1.29 is 4.74 Å². The third-order valence-electron chi connectivity index (χ3n) is 10.3. The lowest BCUT2D eigenvalue weighted by Crippen LogP contribution is -2.42. The van der Waals surface area contributed by atoms with E-state index in [9.17, 15) is 0 Å². The zero-order valence-corrected chi connectivity index (χ0v) is 27.2. The van der Waals surface area contributed by atoms with Crippen LogP contribution in [-0.4, -0.2) is 24.4 Å². The number of rotatable bonds is 4. The van der Waals surface area contributed by atoms with Gasteiger partial charge < -0.3 is 15.4 Å². The lowest BCUT2D eigenvalue weighted by molar-refractivity contribution is 0.436. The van der Waals surface area contributed by atoms with Gasteiger partial charge in [0.25, 0.3) is 0 Å². The zero-order valence-electron chi connectivity index (χ0n) is 27.2. The fourth-order valence-electron chi connectivity index (χ4n) is 8.01. The summed E-state index contributed by atoms with van der Waals surface area (Å²) in [4.78, 5) is 10.0. The summed E-state index contributed by atoms with van der Waals surface area (Å²) in [6, 6.07) is 53.2. The second-order valence-electron chi connectivity index (χ2n) is 13.0. The van der Waals surface area contributed by atoms with Crippen LogP contribution in [0.4, 0.5) is 0 Å². The van der Waals surface area contributed by atoms with Crippen molar-refractivity contribution in [3.8, 4) is 22.6 Å². The molecule has 0 saturated heterocycles. The zero-order chi connectivity index (χ0) is 33.1. The summed E-state index contributed by atoms with van der Waals surface area (Å²) in [6.45, 7) is 0.643. The van der Waals surface area contributed by atoms with Gasteiger partial charge in [0, 0.05) is 34.5 Å². The lowest BCUT2D eigenvalue weighted by atomic mass is 9.66. The first-order valence-electron chi connectivity index (χ1n) is 17.1. The van der Waals surface area contributed by atoms with Gasteiger partial charge in [-0.15, -0.1) is 0 Å². The first-order chi connectivity index (χ1) is 24.8. The van der Waals surface area contributed by atoms with E-state index >= 15 is 0 Å². The number of hydrogen-bond donors (Lipinski definition) is 2. The van der Waals surface area contributed by atoms with E-state index in [2.05, 4.69) is 138 Å². The Kier molecular flexibility index (Phi) is 6.46. The third-order valence-corrected chi connectivity index (χ3v) is 10.3. The molecule has 2 N–H and O–H groups in total. The first-order valence-corrected chi connectivity index (χ1v) is 17.1. The molecule has 10 rings (SSSR count). The van der Waals surface area contributed by atoms with Crippen LogP contribution in [0.2, 0.25) is 0 Å². The number of dihydropyridines is 1.